The Kier molecular flexibility index (Phi) is 3.80. The standard InChI is InChI=1S/C9H14N2S/c1-2-4-9(10)11-7-8-5-3-6-12-8/h3,5-6H,2,4,7H2,1H3,(H2,10,11). The fraction of sp³-hybridized carbons (Fsp3) is 0.444. The van der Waals surface area contributed by atoms with Crippen molar-refractivity contribution in [2.24, 2.45) is 10.7 Å². The fourth-order valence-electron chi connectivity index (χ4n) is 0.917. The highest BCUT2D eigenvalue weighted by Crippen LogP contribution is 2.09. The summed E-state index contributed by atoms with van der Waals surface area (Å²) in [6, 6.07) is 4.11. The highest BCUT2D eigenvalue weighted by atomic mass is 32.1. The number of hydrogen-bond donors (Lipinski definition) is 1. The molecular weight excluding hydrogens is 168 g/mol. The Morgan fingerprint density at radius 3 is 3.08 bits per heavy atom. The van der Waals surface area contributed by atoms with Crippen molar-refractivity contribution in [1.29, 1.82) is 0 Å². The zero-order valence-corrected chi connectivity index (χ0v) is 8.10. The van der Waals surface area contributed by atoms with Crippen LogP contribution in [0.15, 0.2) is 22.5 Å². The molecule has 0 radical (unpaired) electrons. The van der Waals surface area contributed by atoms with Crippen LogP contribution in [0.4, 0.5) is 0 Å². The molecule has 0 aliphatic heterocycles. The number of rotatable bonds is 4. The molecule has 0 aromatic carbocycles. The monoisotopic (exact) mass is 182 g/mol. The SMILES string of the molecule is CCCC(N)=NCc1cccs1. The predicted octanol–water partition coefficient (Wildman–Crippen LogP) is 2.41. The molecular formula is C9H14N2S. The number of thiophene rings is 1. The summed E-state index contributed by atoms with van der Waals surface area (Å²) in [5.74, 6) is 0.769. The summed E-state index contributed by atoms with van der Waals surface area (Å²) in [5.41, 5.74) is 5.66. The smallest absolute Gasteiger partial charge is 0.0941 e. The van der Waals surface area contributed by atoms with Crippen LogP contribution >= 0.6 is 11.3 Å². The third-order valence-corrected chi connectivity index (χ3v) is 2.39. The molecule has 0 unspecified atom stereocenters. The van der Waals surface area contributed by atoms with E-state index in [1.54, 1.807) is 11.3 Å². The topological polar surface area (TPSA) is 38.4 Å². The lowest BCUT2D eigenvalue weighted by Crippen LogP contribution is -2.10. The average Bonchev–Trinajstić information content (AvgIpc) is 2.53. The van der Waals surface area contributed by atoms with E-state index in [-0.39, 0.29) is 0 Å². The van der Waals surface area contributed by atoms with Gasteiger partial charge in [0, 0.05) is 11.3 Å². The lowest BCUT2D eigenvalue weighted by molar-refractivity contribution is 0.959. The van der Waals surface area contributed by atoms with Crippen LogP contribution in [0.3, 0.4) is 0 Å². The molecule has 1 rings (SSSR count). The highest BCUT2D eigenvalue weighted by Gasteiger charge is 1.92. The molecule has 0 atom stereocenters. The Morgan fingerprint density at radius 2 is 2.50 bits per heavy atom. The quantitative estimate of drug-likeness (QED) is 0.563. The van der Waals surface area contributed by atoms with Crippen molar-refractivity contribution in [3.8, 4) is 0 Å². The van der Waals surface area contributed by atoms with Gasteiger partial charge in [-0.2, -0.15) is 0 Å². The maximum absolute atomic E-state index is 5.66. The van der Waals surface area contributed by atoms with E-state index < -0.39 is 0 Å². The molecule has 1 aromatic rings. The number of amidine groups is 1. The van der Waals surface area contributed by atoms with Gasteiger partial charge in [-0.05, 0) is 17.9 Å². The molecule has 0 spiro atoms. The van der Waals surface area contributed by atoms with E-state index in [0.29, 0.717) is 0 Å². The van der Waals surface area contributed by atoms with Crippen molar-refractivity contribution < 1.29 is 0 Å². The van der Waals surface area contributed by atoms with Crippen molar-refractivity contribution in [3.05, 3.63) is 22.4 Å². The molecule has 0 fully saturated rings. The molecule has 0 saturated carbocycles. The van der Waals surface area contributed by atoms with Crippen LogP contribution in [-0.2, 0) is 6.54 Å². The second-order valence-corrected chi connectivity index (χ2v) is 3.67. The van der Waals surface area contributed by atoms with E-state index in [1.165, 1.54) is 4.88 Å². The van der Waals surface area contributed by atoms with Crippen LogP contribution in [0, 0.1) is 0 Å². The summed E-state index contributed by atoms with van der Waals surface area (Å²) < 4.78 is 0. The van der Waals surface area contributed by atoms with Gasteiger partial charge in [0.05, 0.1) is 12.4 Å². The van der Waals surface area contributed by atoms with Crippen molar-refractivity contribution in [1.82, 2.24) is 0 Å². The van der Waals surface area contributed by atoms with E-state index in [9.17, 15) is 0 Å². The molecule has 12 heavy (non-hydrogen) atoms. The van der Waals surface area contributed by atoms with Gasteiger partial charge in [-0.15, -0.1) is 11.3 Å². The first-order valence-corrected chi connectivity index (χ1v) is 5.02. The lowest BCUT2D eigenvalue weighted by atomic mass is 10.3. The third kappa shape index (κ3) is 3.05. The van der Waals surface area contributed by atoms with E-state index in [1.807, 2.05) is 6.07 Å². The maximum atomic E-state index is 5.66. The van der Waals surface area contributed by atoms with Gasteiger partial charge in [0.25, 0.3) is 0 Å². The van der Waals surface area contributed by atoms with Crippen molar-refractivity contribution in [2.75, 3.05) is 0 Å². The number of aliphatic imine (C=N–C) groups is 1. The minimum absolute atomic E-state index is 0.740. The van der Waals surface area contributed by atoms with E-state index in [2.05, 4.69) is 23.4 Å². The first kappa shape index (κ1) is 9.26. The predicted molar refractivity (Wildman–Crippen MR) is 54.6 cm³/mol. The van der Waals surface area contributed by atoms with Gasteiger partial charge < -0.3 is 5.73 Å². The Balaban J connectivity index is 2.38. The van der Waals surface area contributed by atoms with Gasteiger partial charge in [-0.25, -0.2) is 0 Å². The number of hydrogen-bond acceptors (Lipinski definition) is 2. The highest BCUT2D eigenvalue weighted by molar-refractivity contribution is 7.09. The van der Waals surface area contributed by atoms with E-state index >= 15 is 0 Å². The zero-order valence-electron chi connectivity index (χ0n) is 7.29. The Bertz CT molecular complexity index is 239. The molecule has 0 aliphatic carbocycles. The normalized spacial score (nSPS) is 11.9. The third-order valence-electron chi connectivity index (χ3n) is 1.52. The number of nitrogens with two attached hydrogens (primary N) is 1. The van der Waals surface area contributed by atoms with Gasteiger partial charge in [0.15, 0.2) is 0 Å². The van der Waals surface area contributed by atoms with Crippen molar-refractivity contribution in [2.45, 2.75) is 26.3 Å². The largest absolute Gasteiger partial charge is 0.387 e. The lowest BCUT2D eigenvalue weighted by Gasteiger charge is -1.95. The molecule has 0 bridgehead atoms. The first-order chi connectivity index (χ1) is 5.83. The Labute approximate surface area is 77.1 Å². The van der Waals surface area contributed by atoms with Gasteiger partial charge in [-0.3, -0.25) is 4.99 Å². The fourth-order valence-corrected chi connectivity index (χ4v) is 1.55. The molecule has 0 aliphatic rings. The molecule has 3 heteroatoms. The molecule has 0 amide bonds. The van der Waals surface area contributed by atoms with E-state index in [0.717, 1.165) is 25.2 Å². The summed E-state index contributed by atoms with van der Waals surface area (Å²) in [5, 5.41) is 2.06. The number of nitrogens with zero attached hydrogens (tertiary/aromatic N) is 1. The summed E-state index contributed by atoms with van der Waals surface area (Å²) in [6.45, 7) is 2.84. The van der Waals surface area contributed by atoms with Crippen LogP contribution < -0.4 is 5.73 Å². The second kappa shape index (κ2) is 4.93. The van der Waals surface area contributed by atoms with Gasteiger partial charge in [0.2, 0.25) is 0 Å². The van der Waals surface area contributed by atoms with Gasteiger partial charge >= 0.3 is 0 Å². The molecule has 66 valence electrons. The average molecular weight is 182 g/mol. The van der Waals surface area contributed by atoms with Crippen LogP contribution in [0.25, 0.3) is 0 Å². The van der Waals surface area contributed by atoms with Crippen molar-refractivity contribution >= 4 is 17.2 Å². The molecule has 1 heterocycles. The second-order valence-electron chi connectivity index (χ2n) is 2.64. The minimum atomic E-state index is 0.740. The zero-order chi connectivity index (χ0) is 8.81. The Hall–Kier alpha value is -0.830. The summed E-state index contributed by atoms with van der Waals surface area (Å²) in [6.07, 6.45) is 1.98. The maximum Gasteiger partial charge on any atom is 0.0941 e. The summed E-state index contributed by atoms with van der Waals surface area (Å²) in [4.78, 5) is 5.53. The van der Waals surface area contributed by atoms with Gasteiger partial charge in [-0.1, -0.05) is 13.0 Å². The van der Waals surface area contributed by atoms with Crippen LogP contribution in [0.2, 0.25) is 0 Å². The Morgan fingerprint density at radius 1 is 1.67 bits per heavy atom. The minimum Gasteiger partial charge on any atom is -0.387 e. The van der Waals surface area contributed by atoms with Crippen LogP contribution in [0.5, 0.6) is 0 Å². The molecule has 1 aromatic heterocycles. The molecule has 2 nitrogen and oxygen atoms in total. The van der Waals surface area contributed by atoms with Gasteiger partial charge in [0.1, 0.15) is 0 Å². The molecule has 0 saturated heterocycles. The summed E-state index contributed by atoms with van der Waals surface area (Å²) >= 11 is 1.72. The van der Waals surface area contributed by atoms with E-state index in [4.69, 9.17) is 5.73 Å². The van der Waals surface area contributed by atoms with Crippen molar-refractivity contribution in [3.63, 3.8) is 0 Å². The van der Waals surface area contributed by atoms with Crippen LogP contribution in [0.1, 0.15) is 24.6 Å². The van der Waals surface area contributed by atoms with Crippen LogP contribution in [-0.4, -0.2) is 5.84 Å². The first-order valence-electron chi connectivity index (χ1n) is 4.14. The summed E-state index contributed by atoms with van der Waals surface area (Å²) in [7, 11) is 0. The molecule has 2 N–H and O–H groups in total.